The lowest BCUT2D eigenvalue weighted by molar-refractivity contribution is 0.262. The molecule has 0 saturated heterocycles. The number of nitrogens with one attached hydrogen (secondary N) is 1. The van der Waals surface area contributed by atoms with Crippen LogP contribution in [-0.4, -0.2) is 12.6 Å². The highest BCUT2D eigenvalue weighted by Gasteiger charge is 2.34. The highest BCUT2D eigenvalue weighted by Crippen LogP contribution is 2.43. The van der Waals surface area contributed by atoms with Crippen molar-refractivity contribution in [2.45, 2.75) is 51.0 Å². The molecule has 1 aromatic carbocycles. The van der Waals surface area contributed by atoms with Gasteiger partial charge in [-0.05, 0) is 62.1 Å². The van der Waals surface area contributed by atoms with E-state index in [4.69, 9.17) is 0 Å². The molecule has 2 aliphatic rings. The van der Waals surface area contributed by atoms with Crippen molar-refractivity contribution >= 4 is 0 Å². The number of benzene rings is 1. The maximum absolute atomic E-state index is 13.5. The summed E-state index contributed by atoms with van der Waals surface area (Å²) in [6, 6.07) is 7.80. The standard InChI is InChI=1S/C17H24FN/c18-17-7-2-1-4-14(17)10-11-19-16-6-3-5-15(12-16)13-8-9-13/h1-2,4,7,13,15-16,19H,3,5-6,8-12H2. The number of hydrogen-bond acceptors (Lipinski definition) is 1. The molecule has 0 spiro atoms. The van der Waals surface area contributed by atoms with Gasteiger partial charge in [-0.2, -0.15) is 0 Å². The Labute approximate surface area is 115 Å². The first-order valence-corrected chi connectivity index (χ1v) is 7.79. The molecule has 1 N–H and O–H groups in total. The van der Waals surface area contributed by atoms with Crippen molar-refractivity contribution in [1.29, 1.82) is 0 Å². The molecule has 1 nitrogen and oxygen atoms in total. The molecule has 19 heavy (non-hydrogen) atoms. The van der Waals surface area contributed by atoms with Crippen molar-refractivity contribution in [2.24, 2.45) is 11.8 Å². The van der Waals surface area contributed by atoms with Crippen molar-refractivity contribution in [2.75, 3.05) is 6.54 Å². The van der Waals surface area contributed by atoms with Gasteiger partial charge >= 0.3 is 0 Å². The van der Waals surface area contributed by atoms with Crippen molar-refractivity contribution in [3.8, 4) is 0 Å². The second-order valence-corrected chi connectivity index (χ2v) is 6.26. The summed E-state index contributed by atoms with van der Waals surface area (Å²) in [5.74, 6) is 1.94. The smallest absolute Gasteiger partial charge is 0.126 e. The molecule has 2 atom stereocenters. The van der Waals surface area contributed by atoms with Gasteiger partial charge in [0, 0.05) is 6.04 Å². The van der Waals surface area contributed by atoms with Crippen LogP contribution in [0.3, 0.4) is 0 Å². The van der Waals surface area contributed by atoms with E-state index >= 15 is 0 Å². The maximum atomic E-state index is 13.5. The summed E-state index contributed by atoms with van der Waals surface area (Å²) < 4.78 is 13.5. The first-order valence-electron chi connectivity index (χ1n) is 7.79. The average molecular weight is 261 g/mol. The van der Waals surface area contributed by atoms with Crippen LogP contribution in [0, 0.1) is 17.7 Å². The SMILES string of the molecule is Fc1ccccc1CCNC1CCCC(C2CC2)C1. The van der Waals surface area contributed by atoms with Gasteiger partial charge in [0.25, 0.3) is 0 Å². The van der Waals surface area contributed by atoms with Crippen LogP contribution in [0.1, 0.15) is 44.1 Å². The highest BCUT2D eigenvalue weighted by atomic mass is 19.1. The second-order valence-electron chi connectivity index (χ2n) is 6.26. The highest BCUT2D eigenvalue weighted by molar-refractivity contribution is 5.17. The predicted molar refractivity (Wildman–Crippen MR) is 76.6 cm³/mol. The van der Waals surface area contributed by atoms with Crippen molar-refractivity contribution in [3.05, 3.63) is 35.6 Å². The van der Waals surface area contributed by atoms with Crippen LogP contribution < -0.4 is 5.32 Å². The van der Waals surface area contributed by atoms with Gasteiger partial charge in [-0.1, -0.05) is 31.0 Å². The molecule has 0 amide bonds. The van der Waals surface area contributed by atoms with Crippen LogP contribution in [0.2, 0.25) is 0 Å². The van der Waals surface area contributed by atoms with Gasteiger partial charge < -0.3 is 5.32 Å². The third-order valence-corrected chi connectivity index (χ3v) is 4.79. The Kier molecular flexibility index (Phi) is 4.17. The summed E-state index contributed by atoms with van der Waals surface area (Å²) in [7, 11) is 0. The minimum Gasteiger partial charge on any atom is -0.314 e. The quantitative estimate of drug-likeness (QED) is 0.847. The Morgan fingerprint density at radius 1 is 1.05 bits per heavy atom. The summed E-state index contributed by atoms with van der Waals surface area (Å²) in [6.45, 7) is 0.906. The molecule has 0 heterocycles. The summed E-state index contributed by atoms with van der Waals surface area (Å²) in [6.07, 6.45) is 9.20. The molecule has 2 heteroatoms. The van der Waals surface area contributed by atoms with Crippen molar-refractivity contribution in [1.82, 2.24) is 5.32 Å². The zero-order valence-electron chi connectivity index (χ0n) is 11.6. The van der Waals surface area contributed by atoms with E-state index in [-0.39, 0.29) is 5.82 Å². The van der Waals surface area contributed by atoms with E-state index in [2.05, 4.69) is 5.32 Å². The fourth-order valence-electron chi connectivity index (χ4n) is 3.52. The summed E-state index contributed by atoms with van der Waals surface area (Å²) >= 11 is 0. The van der Waals surface area contributed by atoms with E-state index in [0.29, 0.717) is 6.04 Å². The molecule has 0 radical (unpaired) electrons. The lowest BCUT2D eigenvalue weighted by Gasteiger charge is -2.30. The molecule has 2 fully saturated rings. The Bertz CT molecular complexity index is 413. The van der Waals surface area contributed by atoms with Gasteiger partial charge in [-0.25, -0.2) is 4.39 Å². The number of rotatable bonds is 5. The molecular formula is C17H24FN. The Morgan fingerprint density at radius 3 is 2.68 bits per heavy atom. The van der Waals surface area contributed by atoms with Gasteiger partial charge in [0.15, 0.2) is 0 Å². The topological polar surface area (TPSA) is 12.0 Å². The van der Waals surface area contributed by atoms with Crippen LogP contribution in [0.5, 0.6) is 0 Å². The monoisotopic (exact) mass is 261 g/mol. The van der Waals surface area contributed by atoms with Crippen LogP contribution >= 0.6 is 0 Å². The fraction of sp³-hybridized carbons (Fsp3) is 0.647. The van der Waals surface area contributed by atoms with Crippen LogP contribution in [0.4, 0.5) is 4.39 Å². The van der Waals surface area contributed by atoms with Crippen molar-refractivity contribution < 1.29 is 4.39 Å². The fourth-order valence-corrected chi connectivity index (χ4v) is 3.52. The summed E-state index contributed by atoms with van der Waals surface area (Å²) in [4.78, 5) is 0. The van der Waals surface area contributed by atoms with E-state index in [0.717, 1.165) is 30.4 Å². The Morgan fingerprint density at radius 2 is 1.89 bits per heavy atom. The Balaban J connectivity index is 1.43. The predicted octanol–water partition coefficient (Wildman–Crippen LogP) is 3.93. The molecule has 2 unspecified atom stereocenters. The third-order valence-electron chi connectivity index (χ3n) is 4.79. The summed E-state index contributed by atoms with van der Waals surface area (Å²) in [5, 5.41) is 3.64. The van der Waals surface area contributed by atoms with Crippen LogP contribution in [0.25, 0.3) is 0 Å². The third kappa shape index (κ3) is 3.56. The Hall–Kier alpha value is -0.890. The second kappa shape index (κ2) is 6.04. The van der Waals surface area contributed by atoms with Crippen LogP contribution in [-0.2, 0) is 6.42 Å². The zero-order chi connectivity index (χ0) is 13.1. The van der Waals surface area contributed by atoms with E-state index in [1.54, 1.807) is 12.1 Å². The van der Waals surface area contributed by atoms with Gasteiger partial charge in [0.2, 0.25) is 0 Å². The van der Waals surface area contributed by atoms with E-state index in [1.807, 2.05) is 12.1 Å². The number of halogens is 1. The van der Waals surface area contributed by atoms with Crippen LogP contribution in [0.15, 0.2) is 24.3 Å². The van der Waals surface area contributed by atoms with Gasteiger partial charge in [0.05, 0.1) is 0 Å². The molecule has 104 valence electrons. The first-order chi connectivity index (χ1) is 9.33. The average Bonchev–Trinajstić information content (AvgIpc) is 3.26. The van der Waals surface area contributed by atoms with E-state index in [9.17, 15) is 4.39 Å². The molecule has 3 rings (SSSR count). The lowest BCUT2D eigenvalue weighted by atomic mass is 9.82. The molecule has 2 saturated carbocycles. The largest absolute Gasteiger partial charge is 0.314 e. The van der Waals surface area contributed by atoms with Crippen molar-refractivity contribution in [3.63, 3.8) is 0 Å². The minimum absolute atomic E-state index is 0.0659. The van der Waals surface area contributed by atoms with E-state index < -0.39 is 0 Å². The molecule has 0 bridgehead atoms. The van der Waals surface area contributed by atoms with Gasteiger partial charge in [-0.15, -0.1) is 0 Å². The molecule has 1 aromatic rings. The molecular weight excluding hydrogens is 237 g/mol. The van der Waals surface area contributed by atoms with E-state index in [1.165, 1.54) is 38.5 Å². The zero-order valence-corrected chi connectivity index (χ0v) is 11.6. The number of hydrogen-bond donors (Lipinski definition) is 1. The molecule has 0 aliphatic heterocycles. The maximum Gasteiger partial charge on any atom is 0.126 e. The normalized spacial score (nSPS) is 27.4. The summed E-state index contributed by atoms with van der Waals surface area (Å²) in [5.41, 5.74) is 0.838. The lowest BCUT2D eigenvalue weighted by Crippen LogP contribution is -2.36. The molecule has 2 aliphatic carbocycles. The first kappa shape index (κ1) is 13.1. The molecule has 0 aromatic heterocycles. The minimum atomic E-state index is -0.0659. The van der Waals surface area contributed by atoms with Gasteiger partial charge in [-0.3, -0.25) is 0 Å². The van der Waals surface area contributed by atoms with Gasteiger partial charge in [0.1, 0.15) is 5.82 Å².